The predicted molar refractivity (Wildman–Crippen MR) is 106 cm³/mol. The van der Waals surface area contributed by atoms with Crippen LogP contribution in [0.2, 0.25) is 10.0 Å². The van der Waals surface area contributed by atoms with Gasteiger partial charge in [0.1, 0.15) is 12.1 Å². The minimum Gasteiger partial charge on any atom is -0.324 e. The maximum absolute atomic E-state index is 13.2. The van der Waals surface area contributed by atoms with E-state index in [0.29, 0.717) is 22.2 Å². The third-order valence-corrected chi connectivity index (χ3v) is 5.54. The van der Waals surface area contributed by atoms with Crippen molar-refractivity contribution in [1.82, 2.24) is 10.2 Å². The van der Waals surface area contributed by atoms with Crippen LogP contribution in [0.3, 0.4) is 0 Å². The standard InChI is InChI=1S/C20H17Cl2N3O3/c21-13-8-14(22)10-15(9-13)23-17(26)11-25-18(27)20(24-19(25)28)7-3-5-12-4-1-2-6-16(12)20/h1-2,4,6,8-10H,3,5,7,11H2,(H,23,26)(H,24,28)/t20-/m1/s1. The fourth-order valence-electron chi connectivity index (χ4n) is 3.93. The highest BCUT2D eigenvalue weighted by molar-refractivity contribution is 6.35. The number of carbonyl (C=O) groups excluding carboxylic acids is 3. The molecule has 4 amide bonds. The number of nitrogens with zero attached hydrogens (tertiary/aromatic N) is 1. The number of rotatable bonds is 3. The third kappa shape index (κ3) is 3.23. The van der Waals surface area contributed by atoms with Crippen molar-refractivity contribution in [2.45, 2.75) is 24.8 Å². The van der Waals surface area contributed by atoms with Gasteiger partial charge < -0.3 is 10.6 Å². The second kappa shape index (κ2) is 7.11. The Labute approximate surface area is 171 Å². The van der Waals surface area contributed by atoms with E-state index in [2.05, 4.69) is 10.6 Å². The van der Waals surface area contributed by atoms with Crippen molar-refractivity contribution < 1.29 is 14.4 Å². The van der Waals surface area contributed by atoms with Gasteiger partial charge >= 0.3 is 6.03 Å². The van der Waals surface area contributed by atoms with E-state index in [1.54, 1.807) is 6.07 Å². The van der Waals surface area contributed by atoms with Gasteiger partial charge in [-0.25, -0.2) is 4.79 Å². The van der Waals surface area contributed by atoms with Crippen molar-refractivity contribution in [2.75, 3.05) is 11.9 Å². The second-order valence-electron chi connectivity index (χ2n) is 6.94. The zero-order valence-electron chi connectivity index (χ0n) is 14.8. The van der Waals surface area contributed by atoms with Crippen LogP contribution >= 0.6 is 23.2 Å². The lowest BCUT2D eigenvalue weighted by molar-refractivity contribution is -0.134. The van der Waals surface area contributed by atoms with Gasteiger partial charge in [-0.3, -0.25) is 14.5 Å². The van der Waals surface area contributed by atoms with Gasteiger partial charge in [-0.05, 0) is 48.6 Å². The molecule has 0 bridgehead atoms. The molecule has 8 heteroatoms. The van der Waals surface area contributed by atoms with Crippen LogP contribution in [0.1, 0.15) is 24.0 Å². The molecule has 1 saturated heterocycles. The zero-order valence-corrected chi connectivity index (χ0v) is 16.3. The summed E-state index contributed by atoms with van der Waals surface area (Å²) in [4.78, 5) is 39.1. The molecule has 0 aromatic heterocycles. The van der Waals surface area contributed by atoms with Gasteiger partial charge in [0.15, 0.2) is 0 Å². The Morgan fingerprint density at radius 1 is 1.14 bits per heavy atom. The minimum absolute atomic E-state index is 0.371. The molecule has 2 aromatic carbocycles. The van der Waals surface area contributed by atoms with Crippen LogP contribution in [-0.2, 0) is 21.5 Å². The Hall–Kier alpha value is -2.57. The van der Waals surface area contributed by atoms with E-state index in [0.717, 1.165) is 28.9 Å². The molecule has 1 aliphatic heterocycles. The first-order valence-electron chi connectivity index (χ1n) is 8.87. The molecule has 2 aliphatic rings. The number of fused-ring (bicyclic) bond motifs is 2. The van der Waals surface area contributed by atoms with E-state index >= 15 is 0 Å². The largest absolute Gasteiger partial charge is 0.325 e. The topological polar surface area (TPSA) is 78.5 Å². The van der Waals surface area contributed by atoms with Gasteiger partial charge in [-0.1, -0.05) is 47.5 Å². The first kappa shape index (κ1) is 18.8. The molecule has 1 aliphatic carbocycles. The summed E-state index contributed by atoms with van der Waals surface area (Å²) in [5.74, 6) is -0.910. The summed E-state index contributed by atoms with van der Waals surface area (Å²) in [7, 11) is 0. The van der Waals surface area contributed by atoms with E-state index in [1.165, 1.54) is 12.1 Å². The van der Waals surface area contributed by atoms with Crippen LogP contribution in [0.15, 0.2) is 42.5 Å². The van der Waals surface area contributed by atoms with Crippen molar-refractivity contribution in [2.24, 2.45) is 0 Å². The number of anilines is 1. The molecule has 1 fully saturated rings. The lowest BCUT2D eigenvalue weighted by atomic mass is 9.76. The first-order chi connectivity index (χ1) is 13.4. The highest BCUT2D eigenvalue weighted by atomic mass is 35.5. The Morgan fingerprint density at radius 2 is 1.86 bits per heavy atom. The van der Waals surface area contributed by atoms with Gasteiger partial charge in [0, 0.05) is 15.7 Å². The molecular weight excluding hydrogens is 401 g/mol. The van der Waals surface area contributed by atoms with Crippen LogP contribution in [0, 0.1) is 0 Å². The molecule has 0 radical (unpaired) electrons. The van der Waals surface area contributed by atoms with Crippen molar-refractivity contribution in [3.8, 4) is 0 Å². The number of hydrogen-bond acceptors (Lipinski definition) is 3. The molecule has 144 valence electrons. The molecule has 2 aromatic rings. The SMILES string of the molecule is O=C(CN1C(=O)N[C@@]2(CCCc3ccccc32)C1=O)Nc1cc(Cl)cc(Cl)c1. The maximum atomic E-state index is 13.2. The summed E-state index contributed by atoms with van der Waals surface area (Å²) < 4.78 is 0. The Balaban J connectivity index is 1.55. The maximum Gasteiger partial charge on any atom is 0.325 e. The number of nitrogens with one attached hydrogen (secondary N) is 2. The van der Waals surface area contributed by atoms with E-state index in [-0.39, 0.29) is 0 Å². The molecule has 4 rings (SSSR count). The average Bonchev–Trinajstić information content (AvgIpc) is 2.86. The summed E-state index contributed by atoms with van der Waals surface area (Å²) in [6.45, 7) is -0.390. The predicted octanol–water partition coefficient (Wildman–Crippen LogP) is 3.72. The fraction of sp³-hybridized carbons (Fsp3) is 0.250. The fourth-order valence-corrected chi connectivity index (χ4v) is 4.45. The van der Waals surface area contributed by atoms with E-state index in [9.17, 15) is 14.4 Å². The van der Waals surface area contributed by atoms with Crippen LogP contribution in [0.4, 0.5) is 10.5 Å². The van der Waals surface area contributed by atoms with Crippen LogP contribution < -0.4 is 10.6 Å². The highest BCUT2D eigenvalue weighted by Gasteiger charge is 2.54. The number of imide groups is 1. The van der Waals surface area contributed by atoms with E-state index in [1.807, 2.05) is 24.3 Å². The van der Waals surface area contributed by atoms with E-state index in [4.69, 9.17) is 23.2 Å². The van der Waals surface area contributed by atoms with Gasteiger partial charge in [0.05, 0.1) is 0 Å². The lowest BCUT2D eigenvalue weighted by Gasteiger charge is -2.33. The van der Waals surface area contributed by atoms with Crippen molar-refractivity contribution in [1.29, 1.82) is 0 Å². The molecule has 1 heterocycles. The summed E-state index contributed by atoms with van der Waals surface area (Å²) in [5.41, 5.74) is 1.16. The molecular formula is C20H17Cl2N3O3. The van der Waals surface area contributed by atoms with Crippen molar-refractivity contribution >= 4 is 46.7 Å². The molecule has 1 atom stereocenters. The third-order valence-electron chi connectivity index (χ3n) is 5.10. The smallest absolute Gasteiger partial charge is 0.324 e. The van der Waals surface area contributed by atoms with Gasteiger partial charge in [0.2, 0.25) is 5.91 Å². The molecule has 1 spiro atoms. The van der Waals surface area contributed by atoms with Crippen LogP contribution in [-0.4, -0.2) is 29.3 Å². The van der Waals surface area contributed by atoms with Crippen LogP contribution in [0.5, 0.6) is 0 Å². The minimum atomic E-state index is -1.09. The average molecular weight is 418 g/mol. The normalized spacial score (nSPS) is 20.9. The summed E-state index contributed by atoms with van der Waals surface area (Å²) >= 11 is 11.9. The summed E-state index contributed by atoms with van der Waals surface area (Å²) in [5, 5.41) is 6.19. The second-order valence-corrected chi connectivity index (χ2v) is 7.82. The molecule has 2 N–H and O–H groups in total. The monoisotopic (exact) mass is 417 g/mol. The molecule has 28 heavy (non-hydrogen) atoms. The van der Waals surface area contributed by atoms with Gasteiger partial charge in [0.25, 0.3) is 5.91 Å². The lowest BCUT2D eigenvalue weighted by Crippen LogP contribution is -2.47. The molecule has 0 saturated carbocycles. The number of carbonyl (C=O) groups is 3. The number of amides is 4. The van der Waals surface area contributed by atoms with Crippen molar-refractivity contribution in [3.05, 3.63) is 63.6 Å². The summed E-state index contributed by atoms with van der Waals surface area (Å²) in [6.07, 6.45) is 2.15. The number of benzene rings is 2. The zero-order chi connectivity index (χ0) is 19.9. The Kier molecular flexibility index (Phi) is 4.77. The molecule has 6 nitrogen and oxygen atoms in total. The molecule has 0 unspecified atom stereocenters. The van der Waals surface area contributed by atoms with Crippen LogP contribution in [0.25, 0.3) is 0 Å². The number of hydrogen-bond donors (Lipinski definition) is 2. The first-order valence-corrected chi connectivity index (χ1v) is 9.63. The van der Waals surface area contributed by atoms with Crippen molar-refractivity contribution in [3.63, 3.8) is 0 Å². The highest BCUT2D eigenvalue weighted by Crippen LogP contribution is 2.39. The number of aryl methyl sites for hydroxylation is 1. The van der Waals surface area contributed by atoms with E-state index < -0.39 is 29.9 Å². The Bertz CT molecular complexity index is 974. The quantitative estimate of drug-likeness (QED) is 0.746. The Morgan fingerprint density at radius 3 is 2.61 bits per heavy atom. The van der Waals surface area contributed by atoms with Gasteiger partial charge in [-0.2, -0.15) is 0 Å². The van der Waals surface area contributed by atoms with Gasteiger partial charge in [-0.15, -0.1) is 0 Å². The number of halogens is 2. The number of urea groups is 1. The summed E-state index contributed by atoms with van der Waals surface area (Å²) in [6, 6.07) is 11.6.